The maximum absolute atomic E-state index is 5.93. The summed E-state index contributed by atoms with van der Waals surface area (Å²) in [6, 6.07) is 5.91. The van der Waals surface area contributed by atoms with Crippen LogP contribution in [0.5, 0.6) is 0 Å². The first-order valence-electron chi connectivity index (χ1n) is 6.35. The summed E-state index contributed by atoms with van der Waals surface area (Å²) in [7, 11) is 4.11. The molecule has 0 spiro atoms. The summed E-state index contributed by atoms with van der Waals surface area (Å²) in [6.07, 6.45) is 1.01. The molecule has 19 heavy (non-hydrogen) atoms. The van der Waals surface area contributed by atoms with E-state index in [0.717, 1.165) is 42.1 Å². The van der Waals surface area contributed by atoms with E-state index in [-0.39, 0.29) is 0 Å². The first-order chi connectivity index (χ1) is 9.08. The van der Waals surface area contributed by atoms with Crippen molar-refractivity contribution in [3.8, 4) is 11.4 Å². The summed E-state index contributed by atoms with van der Waals surface area (Å²) in [6.45, 7) is 3.79. The van der Waals surface area contributed by atoms with E-state index in [1.807, 2.05) is 29.8 Å². The Balaban J connectivity index is 2.16. The second-order valence-electron chi connectivity index (χ2n) is 4.95. The molecule has 0 atom stereocenters. The molecule has 0 bridgehead atoms. The average molecular weight is 260 g/mol. The molecule has 2 N–H and O–H groups in total. The molecule has 6 heteroatoms. The molecule has 1 aromatic carbocycles. The van der Waals surface area contributed by atoms with Gasteiger partial charge in [-0.2, -0.15) is 0 Å². The van der Waals surface area contributed by atoms with Crippen LogP contribution in [0, 0.1) is 6.92 Å². The Kier molecular flexibility index (Phi) is 4.11. The van der Waals surface area contributed by atoms with Gasteiger partial charge in [0.15, 0.2) is 5.82 Å². The number of hydrogen-bond acceptors (Lipinski definition) is 5. The average Bonchev–Trinajstić information content (AvgIpc) is 2.80. The lowest BCUT2D eigenvalue weighted by molar-refractivity contribution is 0.379. The minimum atomic E-state index is 0.764. The van der Waals surface area contributed by atoms with Crippen molar-refractivity contribution in [3.05, 3.63) is 23.8 Å². The van der Waals surface area contributed by atoms with Gasteiger partial charge in [-0.05, 0) is 56.0 Å². The number of aryl methyl sites for hydroxylation is 2. The molecule has 0 aliphatic heterocycles. The van der Waals surface area contributed by atoms with Crippen LogP contribution in [-0.4, -0.2) is 45.7 Å². The molecule has 0 saturated heterocycles. The van der Waals surface area contributed by atoms with Gasteiger partial charge < -0.3 is 10.6 Å². The number of aromatic nitrogens is 4. The van der Waals surface area contributed by atoms with Gasteiger partial charge in [-0.15, -0.1) is 5.10 Å². The first kappa shape index (κ1) is 13.5. The van der Waals surface area contributed by atoms with E-state index in [2.05, 4.69) is 34.5 Å². The monoisotopic (exact) mass is 260 g/mol. The molecule has 1 heterocycles. The number of hydrogen-bond donors (Lipinski definition) is 1. The molecule has 2 rings (SSSR count). The van der Waals surface area contributed by atoms with Crippen molar-refractivity contribution in [3.63, 3.8) is 0 Å². The molecule has 0 aliphatic rings. The Morgan fingerprint density at radius 1 is 1.32 bits per heavy atom. The maximum atomic E-state index is 5.93. The van der Waals surface area contributed by atoms with Crippen molar-refractivity contribution in [1.29, 1.82) is 0 Å². The predicted molar refractivity (Wildman–Crippen MR) is 75.6 cm³/mol. The van der Waals surface area contributed by atoms with Gasteiger partial charge in [0.25, 0.3) is 0 Å². The van der Waals surface area contributed by atoms with E-state index in [1.165, 1.54) is 0 Å². The van der Waals surface area contributed by atoms with Crippen LogP contribution >= 0.6 is 0 Å². The van der Waals surface area contributed by atoms with Crippen LogP contribution in [0.1, 0.15) is 12.0 Å². The second-order valence-corrected chi connectivity index (χ2v) is 4.95. The van der Waals surface area contributed by atoms with Gasteiger partial charge in [-0.3, -0.25) is 0 Å². The smallest absolute Gasteiger partial charge is 0.182 e. The third kappa shape index (κ3) is 3.29. The SMILES string of the molecule is Cc1ccc(-c2nnnn2CCCN(C)C)cc1N. The number of benzene rings is 1. The van der Waals surface area contributed by atoms with Crippen LogP contribution < -0.4 is 5.73 Å². The quantitative estimate of drug-likeness (QED) is 0.817. The molecule has 102 valence electrons. The highest BCUT2D eigenvalue weighted by Crippen LogP contribution is 2.21. The first-order valence-corrected chi connectivity index (χ1v) is 6.35. The highest BCUT2D eigenvalue weighted by Gasteiger charge is 2.09. The normalized spacial score (nSPS) is 11.2. The number of nitrogens with two attached hydrogens (primary N) is 1. The maximum Gasteiger partial charge on any atom is 0.182 e. The Morgan fingerprint density at radius 3 is 2.79 bits per heavy atom. The lowest BCUT2D eigenvalue weighted by Crippen LogP contribution is -2.15. The fourth-order valence-corrected chi connectivity index (χ4v) is 1.88. The van der Waals surface area contributed by atoms with Crippen LogP contribution in [-0.2, 0) is 6.54 Å². The fourth-order valence-electron chi connectivity index (χ4n) is 1.88. The lowest BCUT2D eigenvalue weighted by Gasteiger charge is -2.10. The van der Waals surface area contributed by atoms with Gasteiger partial charge in [0.2, 0.25) is 0 Å². The number of rotatable bonds is 5. The Labute approximate surface area is 113 Å². The Morgan fingerprint density at radius 2 is 2.11 bits per heavy atom. The van der Waals surface area contributed by atoms with E-state index in [4.69, 9.17) is 5.73 Å². The summed E-state index contributed by atoms with van der Waals surface area (Å²) in [4.78, 5) is 2.15. The lowest BCUT2D eigenvalue weighted by atomic mass is 10.1. The predicted octanol–water partition coefficient (Wildman–Crippen LogP) is 1.18. The van der Waals surface area contributed by atoms with Crippen LogP contribution in [0.2, 0.25) is 0 Å². The van der Waals surface area contributed by atoms with Crippen molar-refractivity contribution in [2.75, 3.05) is 26.4 Å². The third-order valence-electron chi connectivity index (χ3n) is 3.04. The van der Waals surface area contributed by atoms with Gasteiger partial charge in [-0.1, -0.05) is 12.1 Å². The van der Waals surface area contributed by atoms with Crippen LogP contribution in [0.25, 0.3) is 11.4 Å². The van der Waals surface area contributed by atoms with Crippen LogP contribution in [0.15, 0.2) is 18.2 Å². The van der Waals surface area contributed by atoms with Gasteiger partial charge in [0, 0.05) is 17.8 Å². The van der Waals surface area contributed by atoms with E-state index < -0.39 is 0 Å². The topological polar surface area (TPSA) is 72.9 Å². The van der Waals surface area contributed by atoms with Crippen molar-refractivity contribution in [2.24, 2.45) is 0 Å². The number of nitrogens with zero attached hydrogens (tertiary/aromatic N) is 5. The second kappa shape index (κ2) is 5.79. The summed E-state index contributed by atoms with van der Waals surface area (Å²) in [5.41, 5.74) is 8.72. The number of anilines is 1. The van der Waals surface area contributed by atoms with Crippen molar-refractivity contribution in [2.45, 2.75) is 19.9 Å². The summed E-state index contributed by atoms with van der Waals surface area (Å²) >= 11 is 0. The van der Waals surface area contributed by atoms with Gasteiger partial charge in [-0.25, -0.2) is 4.68 Å². The molecule has 0 radical (unpaired) electrons. The highest BCUT2D eigenvalue weighted by atomic mass is 15.5. The van der Waals surface area contributed by atoms with E-state index >= 15 is 0 Å². The zero-order valence-corrected chi connectivity index (χ0v) is 11.7. The highest BCUT2D eigenvalue weighted by molar-refractivity contribution is 5.63. The zero-order valence-electron chi connectivity index (χ0n) is 11.7. The van der Waals surface area contributed by atoms with Crippen molar-refractivity contribution < 1.29 is 0 Å². The van der Waals surface area contributed by atoms with Crippen LogP contribution in [0.3, 0.4) is 0 Å². The molecule has 0 fully saturated rings. The largest absolute Gasteiger partial charge is 0.398 e. The molecule has 1 aromatic heterocycles. The standard InChI is InChI=1S/C13H20N6/c1-10-5-6-11(9-12(10)14)13-15-16-17-19(13)8-4-7-18(2)3/h5-6,9H,4,7-8,14H2,1-3H3. The third-order valence-corrected chi connectivity index (χ3v) is 3.04. The fraction of sp³-hybridized carbons (Fsp3) is 0.462. The van der Waals surface area contributed by atoms with Crippen LogP contribution in [0.4, 0.5) is 5.69 Å². The van der Waals surface area contributed by atoms with Gasteiger partial charge >= 0.3 is 0 Å². The van der Waals surface area contributed by atoms with E-state index in [1.54, 1.807) is 0 Å². The van der Waals surface area contributed by atoms with Gasteiger partial charge in [0.05, 0.1) is 0 Å². The summed E-state index contributed by atoms with van der Waals surface area (Å²) < 4.78 is 1.83. The molecular weight excluding hydrogens is 240 g/mol. The number of tetrazole rings is 1. The molecule has 6 nitrogen and oxygen atoms in total. The molecule has 0 saturated carbocycles. The molecule has 2 aromatic rings. The van der Waals surface area contributed by atoms with Crippen molar-refractivity contribution in [1.82, 2.24) is 25.1 Å². The minimum Gasteiger partial charge on any atom is -0.398 e. The Bertz CT molecular complexity index is 546. The summed E-state index contributed by atoms with van der Waals surface area (Å²) in [5, 5.41) is 11.9. The minimum absolute atomic E-state index is 0.764. The molecule has 0 amide bonds. The van der Waals surface area contributed by atoms with Gasteiger partial charge in [0.1, 0.15) is 0 Å². The number of nitrogen functional groups attached to an aromatic ring is 1. The molecular formula is C13H20N6. The van der Waals surface area contributed by atoms with E-state index in [9.17, 15) is 0 Å². The molecule has 0 aliphatic carbocycles. The Hall–Kier alpha value is -1.95. The van der Waals surface area contributed by atoms with E-state index in [0.29, 0.717) is 0 Å². The zero-order chi connectivity index (χ0) is 13.8. The molecule has 0 unspecified atom stereocenters. The summed E-state index contributed by atoms with van der Waals surface area (Å²) in [5.74, 6) is 0.769. The van der Waals surface area contributed by atoms with Crippen molar-refractivity contribution >= 4 is 5.69 Å².